The molecule has 3 N–H and O–H groups in total. The topological polar surface area (TPSA) is 72.6 Å². The summed E-state index contributed by atoms with van der Waals surface area (Å²) in [4.78, 5) is 11.2. The number of hydrogen-bond donors (Lipinski definition) is 2. The quantitative estimate of drug-likeness (QED) is 0.653. The molecule has 0 radical (unpaired) electrons. The molecule has 1 heterocycles. The monoisotopic (exact) mass is 199 g/mol. The highest BCUT2D eigenvalue weighted by Gasteiger charge is 2.57. The number of ether oxygens (including phenoxy) is 1. The molecule has 2 fully saturated rings. The van der Waals surface area contributed by atoms with E-state index in [0.29, 0.717) is 19.6 Å². The van der Waals surface area contributed by atoms with Gasteiger partial charge in [-0.05, 0) is 25.7 Å². The number of carbonyl (C=O) groups is 1. The fourth-order valence-electron chi connectivity index (χ4n) is 2.99. The van der Waals surface area contributed by atoms with Gasteiger partial charge in [-0.25, -0.2) is 0 Å². The Morgan fingerprint density at radius 1 is 1.21 bits per heavy atom. The van der Waals surface area contributed by atoms with Crippen molar-refractivity contribution in [3.63, 3.8) is 0 Å². The van der Waals surface area contributed by atoms with Crippen LogP contribution < -0.4 is 5.73 Å². The van der Waals surface area contributed by atoms with Crippen LogP contribution in [0.1, 0.15) is 32.1 Å². The van der Waals surface area contributed by atoms with E-state index in [1.54, 1.807) is 0 Å². The van der Waals surface area contributed by atoms with E-state index in [9.17, 15) is 9.90 Å². The second kappa shape index (κ2) is 3.21. The Morgan fingerprint density at radius 2 is 1.86 bits per heavy atom. The van der Waals surface area contributed by atoms with Crippen LogP contribution in [0.3, 0.4) is 0 Å². The summed E-state index contributed by atoms with van der Waals surface area (Å²) in [5.41, 5.74) is 4.86. The lowest BCUT2D eigenvalue weighted by Crippen LogP contribution is -2.59. The van der Waals surface area contributed by atoms with E-state index in [4.69, 9.17) is 10.5 Å². The smallest absolute Gasteiger partial charge is 0.324 e. The van der Waals surface area contributed by atoms with Crippen LogP contribution in [-0.2, 0) is 9.53 Å². The van der Waals surface area contributed by atoms with Gasteiger partial charge in [-0.1, -0.05) is 6.42 Å². The van der Waals surface area contributed by atoms with Gasteiger partial charge in [0.2, 0.25) is 0 Å². The van der Waals surface area contributed by atoms with Crippen molar-refractivity contribution in [1.82, 2.24) is 0 Å². The summed E-state index contributed by atoms with van der Waals surface area (Å²) < 4.78 is 5.28. The molecule has 1 unspecified atom stereocenters. The summed E-state index contributed by atoms with van der Waals surface area (Å²) in [6.45, 7) is 1.32. The molecule has 2 aliphatic rings. The van der Waals surface area contributed by atoms with Gasteiger partial charge in [0.05, 0.1) is 0 Å². The summed E-state index contributed by atoms with van der Waals surface area (Å²) in [6, 6.07) is 0. The third-order valence-corrected chi connectivity index (χ3v) is 4.00. The van der Waals surface area contributed by atoms with Crippen molar-refractivity contribution in [2.75, 3.05) is 13.2 Å². The summed E-state index contributed by atoms with van der Waals surface area (Å²) in [5.74, 6) is -0.836. The first-order chi connectivity index (χ1) is 6.61. The Hall–Kier alpha value is -0.610. The Labute approximate surface area is 83.4 Å². The van der Waals surface area contributed by atoms with Gasteiger partial charge in [0, 0.05) is 18.6 Å². The number of aliphatic carboxylic acids is 1. The fraction of sp³-hybridized carbons (Fsp3) is 0.900. The molecule has 4 nitrogen and oxygen atoms in total. The summed E-state index contributed by atoms with van der Waals surface area (Å²) >= 11 is 0. The molecule has 1 aliphatic carbocycles. The molecular weight excluding hydrogens is 182 g/mol. The molecule has 14 heavy (non-hydrogen) atoms. The van der Waals surface area contributed by atoms with Crippen molar-refractivity contribution >= 4 is 5.97 Å². The predicted octanol–water partition coefficient (Wildman–Crippen LogP) is 0.749. The lowest BCUT2D eigenvalue weighted by atomic mass is 9.67. The molecule has 1 aliphatic heterocycles. The SMILES string of the molecule is NC1(C(=O)O)CCCC12CCOCC2. The molecule has 0 amide bonds. The Kier molecular flexibility index (Phi) is 2.27. The second-order valence-electron chi connectivity index (χ2n) is 4.52. The van der Waals surface area contributed by atoms with Gasteiger partial charge >= 0.3 is 5.97 Å². The van der Waals surface area contributed by atoms with Crippen molar-refractivity contribution in [3.8, 4) is 0 Å². The maximum absolute atomic E-state index is 11.2. The normalized spacial score (nSPS) is 36.1. The van der Waals surface area contributed by atoms with E-state index >= 15 is 0 Å². The van der Waals surface area contributed by atoms with Crippen LogP contribution in [0, 0.1) is 5.41 Å². The highest BCUT2D eigenvalue weighted by Crippen LogP contribution is 2.51. The maximum atomic E-state index is 11.2. The van der Waals surface area contributed by atoms with Gasteiger partial charge in [-0.3, -0.25) is 4.79 Å². The van der Waals surface area contributed by atoms with E-state index in [-0.39, 0.29) is 5.41 Å². The van der Waals surface area contributed by atoms with E-state index in [1.807, 2.05) is 0 Å². The van der Waals surface area contributed by atoms with Crippen LogP contribution in [0.4, 0.5) is 0 Å². The summed E-state index contributed by atoms with van der Waals surface area (Å²) in [6.07, 6.45) is 4.09. The Morgan fingerprint density at radius 3 is 2.43 bits per heavy atom. The van der Waals surface area contributed by atoms with Gasteiger partial charge in [0.1, 0.15) is 5.54 Å². The molecular formula is C10H17NO3. The van der Waals surface area contributed by atoms with Gasteiger partial charge in [-0.15, -0.1) is 0 Å². The van der Waals surface area contributed by atoms with Gasteiger partial charge in [0.25, 0.3) is 0 Å². The van der Waals surface area contributed by atoms with E-state index in [2.05, 4.69) is 0 Å². The van der Waals surface area contributed by atoms with Crippen LogP contribution in [-0.4, -0.2) is 29.8 Å². The Bertz CT molecular complexity index is 248. The minimum atomic E-state index is -1.00. The number of carboxylic acid groups (broad SMARTS) is 1. The molecule has 0 aromatic rings. The molecule has 2 rings (SSSR count). The van der Waals surface area contributed by atoms with Crippen molar-refractivity contribution < 1.29 is 14.6 Å². The van der Waals surface area contributed by atoms with Crippen molar-refractivity contribution in [2.45, 2.75) is 37.6 Å². The molecule has 1 spiro atoms. The highest BCUT2D eigenvalue weighted by atomic mass is 16.5. The van der Waals surface area contributed by atoms with Crippen LogP contribution in [0.5, 0.6) is 0 Å². The summed E-state index contributed by atoms with van der Waals surface area (Å²) in [7, 11) is 0. The molecule has 1 saturated heterocycles. The average molecular weight is 199 g/mol. The van der Waals surface area contributed by atoms with Gasteiger partial charge < -0.3 is 15.6 Å². The van der Waals surface area contributed by atoms with E-state index in [0.717, 1.165) is 25.7 Å². The molecule has 80 valence electrons. The van der Waals surface area contributed by atoms with Crippen molar-refractivity contribution in [2.24, 2.45) is 11.1 Å². The molecule has 4 heteroatoms. The van der Waals surface area contributed by atoms with Crippen molar-refractivity contribution in [3.05, 3.63) is 0 Å². The third kappa shape index (κ3) is 1.17. The van der Waals surface area contributed by atoms with E-state index < -0.39 is 11.5 Å². The standard InChI is InChI=1S/C10H17NO3/c11-10(8(12)13)3-1-2-9(10)4-6-14-7-5-9/h1-7,11H2,(H,12,13). The molecule has 1 atom stereocenters. The highest BCUT2D eigenvalue weighted by molar-refractivity contribution is 5.80. The minimum absolute atomic E-state index is 0.197. The zero-order valence-electron chi connectivity index (χ0n) is 8.29. The fourth-order valence-corrected chi connectivity index (χ4v) is 2.99. The zero-order valence-corrected chi connectivity index (χ0v) is 8.29. The van der Waals surface area contributed by atoms with Crippen LogP contribution in [0.2, 0.25) is 0 Å². The van der Waals surface area contributed by atoms with Gasteiger partial charge in [0.15, 0.2) is 0 Å². The first-order valence-electron chi connectivity index (χ1n) is 5.21. The molecule has 0 aromatic carbocycles. The Balaban J connectivity index is 2.27. The van der Waals surface area contributed by atoms with Crippen LogP contribution in [0.15, 0.2) is 0 Å². The second-order valence-corrected chi connectivity index (χ2v) is 4.52. The molecule has 1 saturated carbocycles. The van der Waals surface area contributed by atoms with Gasteiger partial charge in [-0.2, -0.15) is 0 Å². The largest absolute Gasteiger partial charge is 0.480 e. The van der Waals surface area contributed by atoms with Crippen LogP contribution in [0.25, 0.3) is 0 Å². The zero-order chi connectivity index (χ0) is 10.2. The lowest BCUT2D eigenvalue weighted by molar-refractivity contribution is -0.150. The number of carboxylic acids is 1. The number of nitrogens with two attached hydrogens (primary N) is 1. The van der Waals surface area contributed by atoms with Crippen molar-refractivity contribution in [1.29, 1.82) is 0 Å². The first-order valence-corrected chi connectivity index (χ1v) is 5.21. The number of hydrogen-bond acceptors (Lipinski definition) is 3. The first kappa shape index (κ1) is 9.93. The lowest BCUT2D eigenvalue weighted by Gasteiger charge is -2.43. The number of rotatable bonds is 1. The third-order valence-electron chi connectivity index (χ3n) is 4.00. The molecule has 0 aromatic heterocycles. The maximum Gasteiger partial charge on any atom is 0.324 e. The minimum Gasteiger partial charge on any atom is -0.480 e. The van der Waals surface area contributed by atoms with E-state index in [1.165, 1.54) is 0 Å². The predicted molar refractivity (Wildman–Crippen MR) is 50.9 cm³/mol. The summed E-state index contributed by atoms with van der Waals surface area (Å²) in [5, 5.41) is 9.22. The average Bonchev–Trinajstić information content (AvgIpc) is 2.47. The van der Waals surface area contributed by atoms with Crippen LogP contribution >= 0.6 is 0 Å². The molecule has 0 bridgehead atoms.